The normalized spacial score (nSPS) is 11.9. The van der Waals surface area contributed by atoms with Gasteiger partial charge in [-0.1, -0.05) is 42.0 Å². The molecular weight excluding hydrogens is 392 g/mol. The van der Waals surface area contributed by atoms with E-state index in [2.05, 4.69) is 10.1 Å². The van der Waals surface area contributed by atoms with E-state index in [1.165, 1.54) is 10.9 Å². The van der Waals surface area contributed by atoms with Crippen LogP contribution in [0.15, 0.2) is 64.8 Å². The van der Waals surface area contributed by atoms with Gasteiger partial charge in [-0.3, -0.25) is 9.36 Å². The zero-order valence-corrected chi connectivity index (χ0v) is 17.2. The second-order valence-electron chi connectivity index (χ2n) is 7.29. The third-order valence-electron chi connectivity index (χ3n) is 5.11. The predicted octanol–water partition coefficient (Wildman–Crippen LogP) is 3.13. The fourth-order valence-electron chi connectivity index (χ4n) is 3.59. The van der Waals surface area contributed by atoms with Crippen molar-refractivity contribution in [2.75, 3.05) is 13.7 Å². The first kappa shape index (κ1) is 19.1. The number of aryl methyl sites for hydroxylation is 1. The molecule has 31 heavy (non-hydrogen) atoms. The molecule has 0 atom stereocenters. The lowest BCUT2D eigenvalue weighted by atomic mass is 10.2. The molecule has 0 aliphatic rings. The lowest BCUT2D eigenvalue weighted by Gasteiger charge is -2.04. The predicted molar refractivity (Wildman–Crippen MR) is 121 cm³/mol. The molecule has 154 valence electrons. The van der Waals surface area contributed by atoms with E-state index in [1.807, 2.05) is 55.5 Å². The lowest BCUT2D eigenvalue weighted by Crippen LogP contribution is -2.22. The molecule has 0 aliphatic heterocycles. The Bertz CT molecular complexity index is 1520. The van der Waals surface area contributed by atoms with Crippen molar-refractivity contribution in [3.05, 3.63) is 76.3 Å². The zero-order chi connectivity index (χ0) is 21.4. The van der Waals surface area contributed by atoms with Crippen molar-refractivity contribution >= 4 is 39.4 Å². The summed E-state index contributed by atoms with van der Waals surface area (Å²) in [6.07, 6.45) is 3.25. The largest absolute Gasteiger partial charge is 0.383 e. The highest BCUT2D eigenvalue weighted by Crippen LogP contribution is 2.24. The Morgan fingerprint density at radius 3 is 2.65 bits per heavy atom. The minimum absolute atomic E-state index is 0.193. The van der Waals surface area contributed by atoms with Crippen LogP contribution in [0.4, 0.5) is 0 Å². The molecule has 3 aromatic heterocycles. The maximum atomic E-state index is 13.3. The van der Waals surface area contributed by atoms with Crippen molar-refractivity contribution in [3.8, 4) is 0 Å². The number of para-hydroxylation sites is 2. The van der Waals surface area contributed by atoms with Crippen molar-refractivity contribution < 1.29 is 4.74 Å². The number of nitrogens with zero attached hydrogens (tertiary/aromatic N) is 6. The summed E-state index contributed by atoms with van der Waals surface area (Å²) in [5.41, 5.74) is 4.72. The van der Waals surface area contributed by atoms with Crippen molar-refractivity contribution in [2.24, 2.45) is 5.10 Å². The van der Waals surface area contributed by atoms with Crippen LogP contribution in [0, 0.1) is 6.92 Å². The number of hydrogen-bond acceptors (Lipinski definition) is 6. The van der Waals surface area contributed by atoms with Crippen LogP contribution in [0.3, 0.4) is 0 Å². The number of methoxy groups -OCH3 is 1. The molecule has 8 heteroatoms. The minimum Gasteiger partial charge on any atom is -0.383 e. The quantitative estimate of drug-likeness (QED) is 0.414. The number of rotatable bonds is 5. The molecule has 2 aromatic carbocycles. The number of benzene rings is 2. The minimum atomic E-state index is -0.193. The molecule has 5 aromatic rings. The molecule has 0 N–H and O–H groups in total. The molecule has 0 unspecified atom stereocenters. The highest BCUT2D eigenvalue weighted by atomic mass is 16.5. The standard InChI is InChI=1S/C23H20N6O2/c1-15-6-5-7-16(12-15)13-25-29-21-19(23(30)28(14-24-21)10-11-31-2)20-22(29)27-18-9-4-3-8-17(18)26-20/h3-9,12-14H,10-11H2,1-2H3/b25-13+. The van der Waals surface area contributed by atoms with Gasteiger partial charge in [0.05, 0.1) is 30.4 Å². The summed E-state index contributed by atoms with van der Waals surface area (Å²) in [5.74, 6) is 0. The molecule has 0 saturated heterocycles. The average Bonchev–Trinajstić information content (AvgIpc) is 3.09. The van der Waals surface area contributed by atoms with Crippen molar-refractivity contribution in [3.63, 3.8) is 0 Å². The first-order valence-electron chi connectivity index (χ1n) is 9.92. The van der Waals surface area contributed by atoms with Crippen molar-refractivity contribution in [1.29, 1.82) is 0 Å². The van der Waals surface area contributed by atoms with E-state index in [0.717, 1.165) is 16.6 Å². The maximum absolute atomic E-state index is 13.3. The number of aromatic nitrogens is 5. The summed E-state index contributed by atoms with van der Waals surface area (Å²) in [6, 6.07) is 15.6. The Hall–Kier alpha value is -3.91. The SMILES string of the molecule is COCCn1cnc2c(c1=O)c1nc3ccccc3nc1n2/N=C/c1cccc(C)c1. The summed E-state index contributed by atoms with van der Waals surface area (Å²) in [7, 11) is 1.60. The van der Waals surface area contributed by atoms with E-state index in [0.29, 0.717) is 40.9 Å². The Labute approximate surface area is 177 Å². The van der Waals surface area contributed by atoms with Crippen LogP contribution >= 0.6 is 0 Å². The second kappa shape index (κ2) is 7.73. The highest BCUT2D eigenvalue weighted by molar-refractivity contribution is 6.04. The molecule has 8 nitrogen and oxygen atoms in total. The number of fused-ring (bicyclic) bond motifs is 4. The van der Waals surface area contributed by atoms with Crippen LogP contribution in [0.2, 0.25) is 0 Å². The summed E-state index contributed by atoms with van der Waals surface area (Å²) in [5, 5.41) is 5.02. The van der Waals surface area contributed by atoms with E-state index >= 15 is 0 Å². The number of hydrogen-bond donors (Lipinski definition) is 0. The highest BCUT2D eigenvalue weighted by Gasteiger charge is 2.19. The van der Waals surface area contributed by atoms with E-state index in [1.54, 1.807) is 18.0 Å². The van der Waals surface area contributed by atoms with Gasteiger partial charge >= 0.3 is 0 Å². The van der Waals surface area contributed by atoms with Gasteiger partial charge in [-0.2, -0.15) is 9.78 Å². The molecule has 0 amide bonds. The van der Waals surface area contributed by atoms with Crippen LogP contribution in [-0.4, -0.2) is 44.1 Å². The summed E-state index contributed by atoms with van der Waals surface area (Å²) >= 11 is 0. The van der Waals surface area contributed by atoms with Gasteiger partial charge in [0, 0.05) is 7.11 Å². The van der Waals surface area contributed by atoms with Crippen LogP contribution in [0.25, 0.3) is 33.2 Å². The smallest absolute Gasteiger partial charge is 0.265 e. The monoisotopic (exact) mass is 412 g/mol. The molecule has 0 spiro atoms. The van der Waals surface area contributed by atoms with Gasteiger partial charge in [0.25, 0.3) is 5.56 Å². The van der Waals surface area contributed by atoms with Crippen LogP contribution in [0.1, 0.15) is 11.1 Å². The first-order chi connectivity index (χ1) is 15.2. The average molecular weight is 412 g/mol. The molecule has 0 aliphatic carbocycles. The van der Waals surface area contributed by atoms with Crippen LogP contribution in [-0.2, 0) is 11.3 Å². The van der Waals surface area contributed by atoms with Gasteiger partial charge in [0.15, 0.2) is 11.3 Å². The fraction of sp³-hybridized carbons (Fsp3) is 0.174. The van der Waals surface area contributed by atoms with Gasteiger partial charge in [-0.05, 0) is 24.6 Å². The zero-order valence-electron chi connectivity index (χ0n) is 17.2. The summed E-state index contributed by atoms with van der Waals surface area (Å²) in [6.45, 7) is 2.84. The van der Waals surface area contributed by atoms with Gasteiger partial charge in [-0.25, -0.2) is 15.0 Å². The maximum Gasteiger partial charge on any atom is 0.265 e. The molecular formula is C23H20N6O2. The van der Waals surface area contributed by atoms with E-state index in [9.17, 15) is 4.79 Å². The van der Waals surface area contributed by atoms with Gasteiger partial charge in [0.1, 0.15) is 17.2 Å². The van der Waals surface area contributed by atoms with Crippen molar-refractivity contribution in [2.45, 2.75) is 13.5 Å². The van der Waals surface area contributed by atoms with Crippen LogP contribution in [0.5, 0.6) is 0 Å². The molecule has 0 fully saturated rings. The van der Waals surface area contributed by atoms with Crippen molar-refractivity contribution in [1.82, 2.24) is 24.2 Å². The Balaban J connectivity index is 1.80. The molecule has 3 heterocycles. The Morgan fingerprint density at radius 2 is 1.87 bits per heavy atom. The van der Waals surface area contributed by atoms with Gasteiger partial charge < -0.3 is 4.74 Å². The molecule has 0 bridgehead atoms. The number of ether oxygens (including phenoxy) is 1. The van der Waals surface area contributed by atoms with E-state index < -0.39 is 0 Å². The van der Waals surface area contributed by atoms with E-state index in [4.69, 9.17) is 14.7 Å². The second-order valence-corrected chi connectivity index (χ2v) is 7.29. The topological polar surface area (TPSA) is 87.2 Å². The van der Waals surface area contributed by atoms with Crippen LogP contribution < -0.4 is 5.56 Å². The summed E-state index contributed by atoms with van der Waals surface area (Å²) < 4.78 is 8.23. The Kier molecular flexibility index (Phi) is 4.76. The van der Waals surface area contributed by atoms with Gasteiger partial charge in [-0.15, -0.1) is 0 Å². The molecule has 5 rings (SSSR count). The molecule has 0 radical (unpaired) electrons. The third-order valence-corrected chi connectivity index (χ3v) is 5.11. The lowest BCUT2D eigenvalue weighted by molar-refractivity contribution is 0.186. The fourth-order valence-corrected chi connectivity index (χ4v) is 3.59. The van der Waals surface area contributed by atoms with Gasteiger partial charge in [0.2, 0.25) is 0 Å². The first-order valence-corrected chi connectivity index (χ1v) is 9.92. The van der Waals surface area contributed by atoms with E-state index in [-0.39, 0.29) is 5.56 Å². The summed E-state index contributed by atoms with van der Waals surface area (Å²) in [4.78, 5) is 27.3. The molecule has 0 saturated carbocycles. The third kappa shape index (κ3) is 3.36. The Morgan fingerprint density at radius 1 is 1.06 bits per heavy atom.